The minimum Gasteiger partial charge on any atom is -0.303 e. The average Bonchev–Trinajstić information content (AvgIpc) is 3.19. The lowest BCUT2D eigenvalue weighted by atomic mass is 10.2. The molecule has 6 nitrogen and oxygen atoms in total. The van der Waals surface area contributed by atoms with Crippen LogP contribution in [0, 0.1) is 0 Å². The number of carbonyl (C=O) groups excluding carboxylic acids is 1. The van der Waals surface area contributed by atoms with Crippen molar-refractivity contribution in [1.82, 2.24) is 20.2 Å². The van der Waals surface area contributed by atoms with Crippen LogP contribution in [-0.4, -0.2) is 26.1 Å². The summed E-state index contributed by atoms with van der Waals surface area (Å²) in [4.78, 5) is 21.2. The molecule has 0 spiro atoms. The number of amides is 1. The number of carbonyl (C=O) groups is 1. The molecule has 0 fully saturated rings. The molecule has 0 saturated carbocycles. The smallest absolute Gasteiger partial charge is 0.256 e. The van der Waals surface area contributed by atoms with Crippen LogP contribution >= 0.6 is 0 Å². The summed E-state index contributed by atoms with van der Waals surface area (Å²) in [5.41, 5.74) is 2.71. The van der Waals surface area contributed by atoms with Crippen LogP contribution in [0.4, 0.5) is 5.82 Å². The summed E-state index contributed by atoms with van der Waals surface area (Å²) in [6.45, 7) is 8.00. The van der Waals surface area contributed by atoms with Crippen molar-refractivity contribution >= 4 is 22.8 Å². The quantitative estimate of drug-likeness (QED) is 0.507. The molecule has 0 atom stereocenters. The Balaban J connectivity index is 0.000000660. The topological polar surface area (TPSA) is 83.6 Å². The second kappa shape index (κ2) is 10.6. The van der Waals surface area contributed by atoms with Crippen molar-refractivity contribution in [1.29, 1.82) is 0 Å². The summed E-state index contributed by atoms with van der Waals surface area (Å²) >= 11 is 0. The number of fused-ring (bicyclic) bond motifs is 1. The number of rotatable bonds is 3. The first kappa shape index (κ1) is 20.8. The maximum atomic E-state index is 12.3. The molecule has 0 aliphatic rings. The van der Waals surface area contributed by atoms with E-state index in [0.29, 0.717) is 28.2 Å². The van der Waals surface area contributed by atoms with Crippen LogP contribution in [0.2, 0.25) is 0 Å². The first-order valence-corrected chi connectivity index (χ1v) is 9.44. The molecule has 2 aromatic carbocycles. The highest BCUT2D eigenvalue weighted by molar-refractivity contribution is 6.07. The molecule has 4 rings (SSSR count). The van der Waals surface area contributed by atoms with Crippen LogP contribution in [0.25, 0.3) is 22.4 Å². The standard InChI is InChI=1S/C18H13N5O.2C2H6/c24-18(13-9-5-2-6-10-13)21-17-15-14(22-23-17)11-19-16(20-15)12-7-3-1-4-8-12;2*1-2/h1-11H,(H2,21,22,23,24);2*1-2H3. The SMILES string of the molecule is CC.CC.O=C(Nc1n[nH]c2cnc(-c3ccccc3)nc12)c1ccccc1. The second-order valence-corrected chi connectivity index (χ2v) is 5.21. The molecular formula is C22H25N5O. The van der Waals surface area contributed by atoms with E-state index in [1.54, 1.807) is 18.3 Å². The highest BCUT2D eigenvalue weighted by Gasteiger charge is 2.13. The van der Waals surface area contributed by atoms with Gasteiger partial charge in [-0.3, -0.25) is 9.89 Å². The minimum absolute atomic E-state index is 0.233. The van der Waals surface area contributed by atoms with E-state index in [1.807, 2.05) is 76.2 Å². The Morgan fingerprint density at radius 1 is 0.893 bits per heavy atom. The van der Waals surface area contributed by atoms with E-state index in [9.17, 15) is 4.79 Å². The Labute approximate surface area is 165 Å². The Kier molecular flexibility index (Phi) is 7.84. The highest BCUT2D eigenvalue weighted by atomic mass is 16.1. The van der Waals surface area contributed by atoms with Gasteiger partial charge in [0.05, 0.1) is 6.20 Å². The molecule has 0 bridgehead atoms. The van der Waals surface area contributed by atoms with Crippen molar-refractivity contribution in [2.45, 2.75) is 27.7 Å². The fraction of sp³-hybridized carbons (Fsp3) is 0.182. The summed E-state index contributed by atoms with van der Waals surface area (Å²) in [7, 11) is 0. The van der Waals surface area contributed by atoms with Crippen LogP contribution in [0.15, 0.2) is 66.9 Å². The molecule has 144 valence electrons. The lowest BCUT2D eigenvalue weighted by molar-refractivity contribution is 0.102. The van der Waals surface area contributed by atoms with E-state index < -0.39 is 0 Å². The van der Waals surface area contributed by atoms with Gasteiger partial charge in [-0.1, -0.05) is 76.2 Å². The molecule has 6 heteroatoms. The number of aromatic nitrogens is 4. The summed E-state index contributed by atoms with van der Waals surface area (Å²) in [6, 6.07) is 18.6. The third-order valence-corrected chi connectivity index (χ3v) is 3.60. The number of nitrogens with one attached hydrogen (secondary N) is 2. The first-order chi connectivity index (χ1) is 13.8. The average molecular weight is 375 g/mol. The second-order valence-electron chi connectivity index (χ2n) is 5.21. The van der Waals surface area contributed by atoms with E-state index in [2.05, 4.69) is 25.5 Å². The van der Waals surface area contributed by atoms with E-state index >= 15 is 0 Å². The summed E-state index contributed by atoms with van der Waals surface area (Å²) in [5.74, 6) is 0.738. The van der Waals surface area contributed by atoms with E-state index in [0.717, 1.165) is 5.56 Å². The zero-order chi connectivity index (χ0) is 20.4. The third kappa shape index (κ3) is 4.79. The lowest BCUT2D eigenvalue weighted by Crippen LogP contribution is -2.12. The largest absolute Gasteiger partial charge is 0.303 e. The summed E-state index contributed by atoms with van der Waals surface area (Å²) in [6.07, 6.45) is 1.66. The summed E-state index contributed by atoms with van der Waals surface area (Å²) in [5, 5.41) is 9.76. The number of benzene rings is 2. The Hall–Kier alpha value is -3.54. The van der Waals surface area contributed by atoms with Crippen molar-refractivity contribution in [3.8, 4) is 11.4 Å². The molecule has 0 aliphatic heterocycles. The van der Waals surface area contributed by atoms with Gasteiger partial charge < -0.3 is 5.32 Å². The number of hydrogen-bond acceptors (Lipinski definition) is 4. The van der Waals surface area contributed by atoms with Crippen LogP contribution in [0.1, 0.15) is 38.1 Å². The molecule has 2 N–H and O–H groups in total. The number of anilines is 1. The van der Waals surface area contributed by atoms with E-state index in [1.165, 1.54) is 0 Å². The van der Waals surface area contributed by atoms with Gasteiger partial charge in [-0.05, 0) is 12.1 Å². The molecule has 0 unspecified atom stereocenters. The van der Waals surface area contributed by atoms with Gasteiger partial charge in [0.2, 0.25) is 0 Å². The van der Waals surface area contributed by atoms with Crippen LogP contribution in [0.5, 0.6) is 0 Å². The van der Waals surface area contributed by atoms with Crippen LogP contribution in [0.3, 0.4) is 0 Å². The van der Waals surface area contributed by atoms with Crippen molar-refractivity contribution in [2.75, 3.05) is 5.32 Å². The third-order valence-electron chi connectivity index (χ3n) is 3.60. The molecule has 2 aromatic heterocycles. The zero-order valence-electron chi connectivity index (χ0n) is 16.6. The summed E-state index contributed by atoms with van der Waals surface area (Å²) < 4.78 is 0. The number of aromatic amines is 1. The van der Waals surface area contributed by atoms with Crippen molar-refractivity contribution in [3.63, 3.8) is 0 Å². The molecule has 0 radical (unpaired) electrons. The van der Waals surface area contributed by atoms with Crippen molar-refractivity contribution < 1.29 is 4.79 Å². The van der Waals surface area contributed by atoms with E-state index in [4.69, 9.17) is 0 Å². The van der Waals surface area contributed by atoms with Gasteiger partial charge in [0.25, 0.3) is 5.91 Å². The first-order valence-electron chi connectivity index (χ1n) is 9.44. The fourth-order valence-corrected chi connectivity index (χ4v) is 2.40. The monoisotopic (exact) mass is 375 g/mol. The number of nitrogens with zero attached hydrogens (tertiary/aromatic N) is 3. The maximum Gasteiger partial charge on any atom is 0.256 e. The fourth-order valence-electron chi connectivity index (χ4n) is 2.40. The number of hydrogen-bond donors (Lipinski definition) is 2. The molecule has 28 heavy (non-hydrogen) atoms. The van der Waals surface area contributed by atoms with Gasteiger partial charge in [0.1, 0.15) is 11.0 Å². The lowest BCUT2D eigenvalue weighted by Gasteiger charge is -2.03. The van der Waals surface area contributed by atoms with E-state index in [-0.39, 0.29) is 5.91 Å². The zero-order valence-corrected chi connectivity index (χ0v) is 16.6. The maximum absolute atomic E-state index is 12.3. The molecular weight excluding hydrogens is 350 g/mol. The van der Waals surface area contributed by atoms with Gasteiger partial charge in [-0.25, -0.2) is 9.97 Å². The predicted molar refractivity (Wildman–Crippen MR) is 114 cm³/mol. The minimum atomic E-state index is -0.233. The van der Waals surface area contributed by atoms with Gasteiger partial charge in [0.15, 0.2) is 11.6 Å². The molecule has 0 saturated heterocycles. The van der Waals surface area contributed by atoms with Gasteiger partial charge >= 0.3 is 0 Å². The Morgan fingerprint density at radius 2 is 1.50 bits per heavy atom. The Morgan fingerprint density at radius 3 is 2.14 bits per heavy atom. The predicted octanol–water partition coefficient (Wildman–Crippen LogP) is 5.32. The van der Waals surface area contributed by atoms with Crippen molar-refractivity contribution in [2.24, 2.45) is 0 Å². The van der Waals surface area contributed by atoms with Crippen molar-refractivity contribution in [3.05, 3.63) is 72.4 Å². The molecule has 1 amide bonds. The molecule has 4 aromatic rings. The van der Waals surface area contributed by atoms with Gasteiger partial charge in [0, 0.05) is 11.1 Å². The normalized spacial score (nSPS) is 9.57. The van der Waals surface area contributed by atoms with Crippen LogP contribution < -0.4 is 5.32 Å². The highest BCUT2D eigenvalue weighted by Crippen LogP contribution is 2.22. The molecule has 2 heterocycles. The molecule has 0 aliphatic carbocycles. The van der Waals surface area contributed by atoms with Gasteiger partial charge in [-0.15, -0.1) is 0 Å². The van der Waals surface area contributed by atoms with Gasteiger partial charge in [-0.2, -0.15) is 5.10 Å². The Bertz CT molecular complexity index is 997. The number of H-pyrrole nitrogens is 1. The van der Waals surface area contributed by atoms with Crippen LogP contribution in [-0.2, 0) is 0 Å².